The van der Waals surface area contributed by atoms with Crippen LogP contribution in [0.5, 0.6) is 5.75 Å². The van der Waals surface area contributed by atoms with Gasteiger partial charge in [0.25, 0.3) is 0 Å². The lowest BCUT2D eigenvalue weighted by Crippen LogP contribution is -2.29. The fraction of sp³-hybridized carbons (Fsp3) is 0.647. The van der Waals surface area contributed by atoms with Crippen molar-refractivity contribution in [3.05, 3.63) is 29.8 Å². The third-order valence-corrected chi connectivity index (χ3v) is 4.27. The first kappa shape index (κ1) is 14.4. The van der Waals surface area contributed by atoms with Gasteiger partial charge in [0.2, 0.25) is 0 Å². The quantitative estimate of drug-likeness (QED) is 0.838. The maximum atomic E-state index is 5.63. The van der Waals surface area contributed by atoms with E-state index in [-0.39, 0.29) is 0 Å². The second-order valence-corrected chi connectivity index (χ2v) is 5.92. The molecule has 0 spiro atoms. The average molecular weight is 261 g/mol. The van der Waals surface area contributed by atoms with Crippen molar-refractivity contribution in [2.45, 2.75) is 57.9 Å². The van der Waals surface area contributed by atoms with Gasteiger partial charge in [-0.05, 0) is 62.3 Å². The third kappa shape index (κ3) is 3.50. The molecule has 0 amide bonds. The second-order valence-electron chi connectivity index (χ2n) is 5.92. The summed E-state index contributed by atoms with van der Waals surface area (Å²) in [6.07, 6.45) is 5.01. The molecule has 0 saturated heterocycles. The van der Waals surface area contributed by atoms with Crippen molar-refractivity contribution >= 4 is 0 Å². The molecule has 0 aliphatic heterocycles. The molecule has 0 bridgehead atoms. The molecule has 2 atom stereocenters. The van der Waals surface area contributed by atoms with Crippen molar-refractivity contribution in [2.75, 3.05) is 13.2 Å². The number of benzene rings is 1. The van der Waals surface area contributed by atoms with Gasteiger partial charge in [0.1, 0.15) is 5.75 Å². The molecular weight excluding hydrogens is 234 g/mol. The molecule has 2 heteroatoms. The third-order valence-electron chi connectivity index (χ3n) is 4.27. The number of hydrogen-bond donors (Lipinski definition) is 1. The topological polar surface area (TPSA) is 21.3 Å². The second kappa shape index (κ2) is 6.42. The summed E-state index contributed by atoms with van der Waals surface area (Å²) in [6.45, 7) is 8.54. The summed E-state index contributed by atoms with van der Waals surface area (Å²) in [5, 5.41) is 3.66. The monoisotopic (exact) mass is 261 g/mol. The zero-order valence-corrected chi connectivity index (χ0v) is 12.5. The SMILES string of the molecule is CCCNC1CCC(C)(c2cccc(OCC)c2)C1. The predicted octanol–water partition coefficient (Wildman–Crippen LogP) is 3.90. The van der Waals surface area contributed by atoms with Crippen LogP contribution in [0.2, 0.25) is 0 Å². The Bertz CT molecular complexity index is 404. The molecule has 0 heterocycles. The Balaban J connectivity index is 2.06. The van der Waals surface area contributed by atoms with E-state index in [0.717, 1.165) is 18.9 Å². The number of rotatable bonds is 6. The molecule has 106 valence electrons. The first-order valence-corrected chi connectivity index (χ1v) is 7.64. The van der Waals surface area contributed by atoms with Crippen LogP contribution in [0.1, 0.15) is 52.0 Å². The van der Waals surface area contributed by atoms with Crippen molar-refractivity contribution in [3.63, 3.8) is 0 Å². The van der Waals surface area contributed by atoms with E-state index in [2.05, 4.69) is 43.4 Å². The van der Waals surface area contributed by atoms with Crippen LogP contribution in [0, 0.1) is 0 Å². The zero-order valence-electron chi connectivity index (χ0n) is 12.5. The summed E-state index contributed by atoms with van der Waals surface area (Å²) >= 11 is 0. The molecule has 2 unspecified atom stereocenters. The Morgan fingerprint density at radius 2 is 2.21 bits per heavy atom. The largest absolute Gasteiger partial charge is 0.494 e. The van der Waals surface area contributed by atoms with Gasteiger partial charge < -0.3 is 10.1 Å². The van der Waals surface area contributed by atoms with Gasteiger partial charge in [-0.15, -0.1) is 0 Å². The van der Waals surface area contributed by atoms with E-state index in [1.54, 1.807) is 0 Å². The van der Waals surface area contributed by atoms with Crippen LogP contribution < -0.4 is 10.1 Å². The van der Waals surface area contributed by atoms with E-state index in [9.17, 15) is 0 Å². The molecule has 1 saturated carbocycles. The van der Waals surface area contributed by atoms with Crippen molar-refractivity contribution in [2.24, 2.45) is 0 Å². The summed E-state index contributed by atoms with van der Waals surface area (Å²) in [7, 11) is 0. The average Bonchev–Trinajstić information content (AvgIpc) is 2.80. The van der Waals surface area contributed by atoms with Crippen LogP contribution in [0.4, 0.5) is 0 Å². The summed E-state index contributed by atoms with van der Waals surface area (Å²) in [4.78, 5) is 0. The summed E-state index contributed by atoms with van der Waals surface area (Å²) in [5.74, 6) is 1.01. The standard InChI is InChI=1S/C17H27NO/c1-4-11-18-15-9-10-17(3,13-15)14-7-6-8-16(12-14)19-5-2/h6-8,12,15,18H,4-5,9-11,13H2,1-3H3. The van der Waals surface area contributed by atoms with E-state index in [1.807, 2.05) is 6.92 Å². The molecule has 1 fully saturated rings. The normalized spacial score (nSPS) is 26.6. The fourth-order valence-electron chi connectivity index (χ4n) is 3.15. The highest BCUT2D eigenvalue weighted by molar-refractivity contribution is 5.34. The Hall–Kier alpha value is -1.02. The van der Waals surface area contributed by atoms with Crippen LogP contribution in [0.25, 0.3) is 0 Å². The van der Waals surface area contributed by atoms with Gasteiger partial charge in [-0.1, -0.05) is 26.0 Å². The number of hydrogen-bond acceptors (Lipinski definition) is 2. The molecule has 19 heavy (non-hydrogen) atoms. The van der Waals surface area contributed by atoms with Crippen molar-refractivity contribution < 1.29 is 4.74 Å². The first-order chi connectivity index (χ1) is 9.18. The first-order valence-electron chi connectivity index (χ1n) is 7.64. The van der Waals surface area contributed by atoms with Gasteiger partial charge in [0.05, 0.1) is 6.61 Å². The van der Waals surface area contributed by atoms with E-state index in [0.29, 0.717) is 11.5 Å². The maximum absolute atomic E-state index is 5.63. The summed E-state index contributed by atoms with van der Waals surface area (Å²) in [6, 6.07) is 9.34. The lowest BCUT2D eigenvalue weighted by Gasteiger charge is -2.25. The van der Waals surface area contributed by atoms with E-state index in [1.165, 1.54) is 31.2 Å². The molecule has 2 nitrogen and oxygen atoms in total. The maximum Gasteiger partial charge on any atom is 0.119 e. The van der Waals surface area contributed by atoms with Gasteiger partial charge in [-0.3, -0.25) is 0 Å². The molecule has 1 aliphatic rings. The van der Waals surface area contributed by atoms with Gasteiger partial charge in [-0.2, -0.15) is 0 Å². The summed E-state index contributed by atoms with van der Waals surface area (Å²) in [5.41, 5.74) is 1.73. The number of nitrogens with one attached hydrogen (secondary N) is 1. The fourth-order valence-corrected chi connectivity index (χ4v) is 3.15. The van der Waals surface area contributed by atoms with Gasteiger partial charge in [-0.25, -0.2) is 0 Å². The molecule has 1 aliphatic carbocycles. The highest BCUT2D eigenvalue weighted by atomic mass is 16.5. The Labute approximate surface area is 117 Å². The van der Waals surface area contributed by atoms with Gasteiger partial charge in [0.15, 0.2) is 0 Å². The molecule has 2 rings (SSSR count). The lowest BCUT2D eigenvalue weighted by molar-refractivity contribution is 0.338. The molecule has 0 aromatic heterocycles. The Kier molecular flexibility index (Phi) is 4.87. The van der Waals surface area contributed by atoms with E-state index >= 15 is 0 Å². The van der Waals surface area contributed by atoms with E-state index < -0.39 is 0 Å². The smallest absolute Gasteiger partial charge is 0.119 e. The van der Waals surface area contributed by atoms with Crippen LogP contribution >= 0.6 is 0 Å². The van der Waals surface area contributed by atoms with Crippen molar-refractivity contribution in [1.82, 2.24) is 5.32 Å². The molecule has 1 aromatic carbocycles. The van der Waals surface area contributed by atoms with Crippen molar-refractivity contribution in [1.29, 1.82) is 0 Å². The van der Waals surface area contributed by atoms with Crippen LogP contribution in [-0.4, -0.2) is 19.2 Å². The molecule has 1 N–H and O–H groups in total. The van der Waals surface area contributed by atoms with Crippen LogP contribution in [0.3, 0.4) is 0 Å². The highest BCUT2D eigenvalue weighted by Gasteiger charge is 2.36. The minimum atomic E-state index is 0.304. The van der Waals surface area contributed by atoms with Gasteiger partial charge >= 0.3 is 0 Å². The Morgan fingerprint density at radius 3 is 2.95 bits per heavy atom. The zero-order chi connectivity index (χ0) is 13.7. The number of ether oxygens (including phenoxy) is 1. The van der Waals surface area contributed by atoms with Crippen LogP contribution in [-0.2, 0) is 5.41 Å². The van der Waals surface area contributed by atoms with E-state index in [4.69, 9.17) is 4.74 Å². The Morgan fingerprint density at radius 1 is 1.37 bits per heavy atom. The van der Waals surface area contributed by atoms with Gasteiger partial charge in [0, 0.05) is 6.04 Å². The minimum absolute atomic E-state index is 0.304. The van der Waals surface area contributed by atoms with Crippen LogP contribution in [0.15, 0.2) is 24.3 Å². The highest BCUT2D eigenvalue weighted by Crippen LogP contribution is 2.41. The minimum Gasteiger partial charge on any atom is -0.494 e. The molecular formula is C17H27NO. The van der Waals surface area contributed by atoms with Crippen molar-refractivity contribution in [3.8, 4) is 5.75 Å². The predicted molar refractivity (Wildman–Crippen MR) is 80.9 cm³/mol. The lowest BCUT2D eigenvalue weighted by atomic mass is 9.81. The molecule has 1 aromatic rings. The molecule has 0 radical (unpaired) electrons. The summed E-state index contributed by atoms with van der Waals surface area (Å²) < 4.78 is 5.63.